The van der Waals surface area contributed by atoms with E-state index < -0.39 is 16.5 Å². The maximum atomic E-state index is 12.6. The monoisotopic (exact) mass is 435 g/mol. The molecule has 0 saturated heterocycles. The van der Waals surface area contributed by atoms with Gasteiger partial charge in [-0.15, -0.1) is 10.1 Å². The number of carbonyl (C=O) groups is 2. The lowest BCUT2D eigenvalue weighted by Crippen LogP contribution is -2.56. The van der Waals surface area contributed by atoms with Gasteiger partial charge in [0, 0.05) is 30.2 Å². The van der Waals surface area contributed by atoms with Gasteiger partial charge in [-0.1, -0.05) is 13.8 Å². The van der Waals surface area contributed by atoms with Gasteiger partial charge in [0.2, 0.25) is 0 Å². The number of hydrogen-bond acceptors (Lipinski definition) is 8. The number of ketones is 1. The molecule has 0 radical (unpaired) electrons. The highest BCUT2D eigenvalue weighted by Crippen LogP contribution is 2.64. The van der Waals surface area contributed by atoms with Crippen LogP contribution in [0.1, 0.15) is 64.0 Å². The number of esters is 1. The summed E-state index contributed by atoms with van der Waals surface area (Å²) in [5.41, 5.74) is -0.625. The molecule has 3 fully saturated rings. The van der Waals surface area contributed by atoms with Gasteiger partial charge in [-0.05, 0) is 49.3 Å². The summed E-state index contributed by atoms with van der Waals surface area (Å²) in [7, 11) is 0. The zero-order chi connectivity index (χ0) is 23.1. The second-order valence-electron chi connectivity index (χ2n) is 9.59. The molecule has 0 unspecified atom stereocenters. The second-order valence-corrected chi connectivity index (χ2v) is 9.59. The Bertz CT molecular complexity index is 884. The average Bonchev–Trinajstić information content (AvgIpc) is 2.65. The zero-order valence-corrected chi connectivity index (χ0v) is 18.2. The van der Waals surface area contributed by atoms with E-state index in [0.29, 0.717) is 11.1 Å². The Morgan fingerprint density at radius 1 is 1.26 bits per heavy atom. The summed E-state index contributed by atoms with van der Waals surface area (Å²) in [6.45, 7) is 7.05. The van der Waals surface area contributed by atoms with Crippen molar-refractivity contribution in [2.75, 3.05) is 13.2 Å². The largest absolute Gasteiger partial charge is 0.508 e. The van der Waals surface area contributed by atoms with Gasteiger partial charge in [-0.2, -0.15) is 0 Å². The lowest BCUT2D eigenvalue weighted by Gasteiger charge is -2.59. The molecule has 3 saturated carbocycles. The molecule has 2 bridgehead atoms. The smallest absolute Gasteiger partial charge is 0.315 e. The number of nitrogens with zero attached hydrogens (tertiary/aromatic N) is 1. The number of ether oxygens (including phenoxy) is 1. The Morgan fingerprint density at radius 3 is 2.39 bits per heavy atom. The van der Waals surface area contributed by atoms with Gasteiger partial charge in [0.1, 0.15) is 17.3 Å². The molecule has 31 heavy (non-hydrogen) atoms. The summed E-state index contributed by atoms with van der Waals surface area (Å²) >= 11 is 0. The van der Waals surface area contributed by atoms with E-state index in [1.807, 2.05) is 13.8 Å². The Morgan fingerprint density at radius 2 is 1.87 bits per heavy atom. The van der Waals surface area contributed by atoms with Crippen LogP contribution < -0.4 is 0 Å². The molecular weight excluding hydrogens is 406 g/mol. The predicted molar refractivity (Wildman–Crippen MR) is 109 cm³/mol. The molecule has 1 aromatic rings. The highest BCUT2D eigenvalue weighted by atomic mass is 16.9. The minimum Gasteiger partial charge on any atom is -0.508 e. The molecule has 0 aromatic heterocycles. The van der Waals surface area contributed by atoms with Crippen molar-refractivity contribution >= 4 is 11.8 Å². The Hall–Kier alpha value is -2.84. The highest BCUT2D eigenvalue weighted by Gasteiger charge is 2.59. The third-order valence-electron chi connectivity index (χ3n) is 7.10. The lowest BCUT2D eigenvalue weighted by molar-refractivity contribution is -0.757. The van der Waals surface area contributed by atoms with Crippen molar-refractivity contribution in [2.24, 2.45) is 17.3 Å². The van der Waals surface area contributed by atoms with Crippen molar-refractivity contribution in [3.05, 3.63) is 33.4 Å². The molecule has 0 spiro atoms. The maximum Gasteiger partial charge on any atom is 0.315 e. The molecular formula is C22H29NO8. The van der Waals surface area contributed by atoms with Gasteiger partial charge in [0.15, 0.2) is 0 Å². The van der Waals surface area contributed by atoms with Crippen molar-refractivity contribution in [3.63, 3.8) is 0 Å². The third kappa shape index (κ3) is 4.05. The van der Waals surface area contributed by atoms with Gasteiger partial charge in [-0.25, -0.2) is 0 Å². The van der Waals surface area contributed by atoms with E-state index in [9.17, 15) is 29.9 Å². The molecule has 9 heteroatoms. The number of phenols is 2. The first-order valence-corrected chi connectivity index (χ1v) is 10.4. The van der Waals surface area contributed by atoms with Crippen LogP contribution >= 0.6 is 0 Å². The SMILES string of the molecule is CC(C)(C(=O)OCCCO[N+](=O)[O-])c1cc(O)c([C@@H]2CC(=O)[C@@H]3C[C@@H]2C3(C)C)c(O)c1. The number of rotatable bonds is 8. The average molecular weight is 435 g/mol. The van der Waals surface area contributed by atoms with E-state index >= 15 is 0 Å². The summed E-state index contributed by atoms with van der Waals surface area (Å²) < 4.78 is 5.18. The minimum absolute atomic E-state index is 0.0433. The summed E-state index contributed by atoms with van der Waals surface area (Å²) in [6, 6.07) is 2.88. The first-order valence-electron chi connectivity index (χ1n) is 10.4. The van der Waals surface area contributed by atoms with Crippen molar-refractivity contribution in [1.29, 1.82) is 0 Å². The lowest BCUT2D eigenvalue weighted by atomic mass is 9.44. The van der Waals surface area contributed by atoms with E-state index in [-0.39, 0.29) is 66.5 Å². The number of phenolic OH excluding ortho intramolecular Hbond substituents is 2. The third-order valence-corrected chi connectivity index (χ3v) is 7.10. The molecule has 4 rings (SSSR count). The van der Waals surface area contributed by atoms with Crippen molar-refractivity contribution in [2.45, 2.75) is 58.3 Å². The van der Waals surface area contributed by atoms with Gasteiger partial charge in [0.05, 0.1) is 18.6 Å². The van der Waals surface area contributed by atoms with Crippen LogP contribution in [0.4, 0.5) is 0 Å². The Kier molecular flexibility index (Phi) is 5.90. The number of Topliss-reactive ketones (excluding diaryl/α,β-unsaturated/α-hetero) is 1. The Balaban J connectivity index is 1.76. The molecule has 2 N–H and O–H groups in total. The highest BCUT2D eigenvalue weighted by molar-refractivity contribution is 5.86. The molecule has 3 aliphatic rings. The van der Waals surface area contributed by atoms with Crippen LogP contribution in [0.3, 0.4) is 0 Å². The van der Waals surface area contributed by atoms with Crippen molar-refractivity contribution in [3.8, 4) is 11.5 Å². The Labute approximate surface area is 180 Å². The van der Waals surface area contributed by atoms with Gasteiger partial charge < -0.3 is 19.8 Å². The second kappa shape index (κ2) is 8.01. The number of aromatic hydroxyl groups is 2. The van der Waals surface area contributed by atoms with E-state index in [2.05, 4.69) is 4.84 Å². The number of hydrogen-bond donors (Lipinski definition) is 2. The minimum atomic E-state index is -1.18. The van der Waals surface area contributed by atoms with Gasteiger partial charge in [-0.3, -0.25) is 9.59 Å². The quantitative estimate of drug-likeness (QED) is 0.275. The fourth-order valence-corrected chi connectivity index (χ4v) is 5.02. The van der Waals surface area contributed by atoms with Gasteiger partial charge >= 0.3 is 5.97 Å². The van der Waals surface area contributed by atoms with Crippen LogP contribution in [0, 0.1) is 27.4 Å². The number of benzene rings is 1. The van der Waals surface area contributed by atoms with Crippen LogP contribution in [0.2, 0.25) is 0 Å². The number of fused-ring (bicyclic) bond motifs is 2. The zero-order valence-electron chi connectivity index (χ0n) is 18.2. The maximum absolute atomic E-state index is 12.6. The van der Waals surface area contributed by atoms with Crippen molar-refractivity contribution in [1.82, 2.24) is 0 Å². The van der Waals surface area contributed by atoms with Gasteiger partial charge in [0.25, 0.3) is 5.09 Å². The molecule has 0 aliphatic heterocycles. The standard InChI is InChI=1S/C22H29NO8/c1-21(2,20(27)30-6-5-7-31-23(28)29)12-8-17(25)19(18(26)9-12)13-10-16(24)15-11-14(13)22(15,3)4/h8-9,13-15,25-26H,5-7,10-11H2,1-4H3/t13-,14+,15+/m1/s1. The summed E-state index contributed by atoms with van der Waals surface area (Å²) in [5, 5.41) is 30.7. The molecule has 0 amide bonds. The normalized spacial score (nSPS) is 24.3. The first-order chi connectivity index (χ1) is 14.4. The van der Waals surface area contributed by atoms with Crippen LogP contribution in [-0.2, 0) is 24.6 Å². The molecule has 1 aromatic carbocycles. The van der Waals surface area contributed by atoms with E-state index in [1.54, 1.807) is 13.8 Å². The molecule has 170 valence electrons. The summed E-state index contributed by atoms with van der Waals surface area (Å²) in [5.74, 6) is -0.762. The van der Waals surface area contributed by atoms with Crippen LogP contribution in [-0.4, -0.2) is 40.3 Å². The first kappa shape index (κ1) is 22.8. The number of carbonyl (C=O) groups excluding carboxylic acids is 2. The predicted octanol–water partition coefficient (Wildman–Crippen LogP) is 3.24. The molecule has 3 atom stereocenters. The van der Waals surface area contributed by atoms with Crippen LogP contribution in [0.25, 0.3) is 0 Å². The van der Waals surface area contributed by atoms with Crippen molar-refractivity contribution < 1.29 is 34.5 Å². The fourth-order valence-electron chi connectivity index (χ4n) is 5.02. The topological polar surface area (TPSA) is 136 Å². The molecule has 9 nitrogen and oxygen atoms in total. The van der Waals surface area contributed by atoms with Crippen LogP contribution in [0.15, 0.2) is 12.1 Å². The fraction of sp³-hybridized carbons (Fsp3) is 0.636. The summed E-state index contributed by atoms with van der Waals surface area (Å²) in [4.78, 5) is 39.3. The van der Waals surface area contributed by atoms with Crippen LogP contribution in [0.5, 0.6) is 11.5 Å². The molecule has 0 heterocycles. The van der Waals surface area contributed by atoms with E-state index in [4.69, 9.17) is 4.74 Å². The van der Waals surface area contributed by atoms with E-state index in [1.165, 1.54) is 12.1 Å². The molecule has 3 aliphatic carbocycles. The summed E-state index contributed by atoms with van der Waals surface area (Å²) in [6.07, 6.45) is 1.21. The van der Waals surface area contributed by atoms with E-state index in [0.717, 1.165) is 6.42 Å².